The number of methoxy groups -OCH3 is 1. The normalized spacial score (nSPS) is 17.3. The average molecular weight is 510 g/mol. The van der Waals surface area contributed by atoms with Crippen LogP contribution < -0.4 is 4.74 Å². The van der Waals surface area contributed by atoms with Crippen LogP contribution in [-0.4, -0.2) is 34.5 Å². The lowest BCUT2D eigenvalue weighted by molar-refractivity contribution is -0.147. The first-order valence-corrected chi connectivity index (χ1v) is 11.4. The van der Waals surface area contributed by atoms with Crippen LogP contribution in [0.3, 0.4) is 0 Å². The quantitative estimate of drug-likeness (QED) is 0.401. The number of hydrogen-bond acceptors (Lipinski definition) is 6. The third-order valence-electron chi connectivity index (χ3n) is 5.73. The van der Waals surface area contributed by atoms with Gasteiger partial charge in [-0.15, -0.1) is 10.2 Å². The van der Waals surface area contributed by atoms with E-state index in [4.69, 9.17) is 25.8 Å². The number of alkyl halides is 3. The first-order valence-electron chi connectivity index (χ1n) is 11.0. The molecule has 0 saturated heterocycles. The van der Waals surface area contributed by atoms with E-state index >= 15 is 0 Å². The van der Waals surface area contributed by atoms with E-state index in [1.165, 1.54) is 19.2 Å². The molecule has 0 unspecified atom stereocenters. The molecule has 2 atom stereocenters. The highest BCUT2D eigenvalue weighted by Crippen LogP contribution is 2.45. The number of carbonyl (C=O) groups is 1. The van der Waals surface area contributed by atoms with Crippen LogP contribution >= 0.6 is 11.6 Å². The molecule has 0 aliphatic carbocycles. The molecular weight excluding hydrogens is 487 g/mol. The Morgan fingerprint density at radius 3 is 2.60 bits per heavy atom. The van der Waals surface area contributed by atoms with E-state index < -0.39 is 30.2 Å². The highest BCUT2D eigenvalue weighted by molar-refractivity contribution is 6.30. The monoisotopic (exact) mass is 509 g/mol. The van der Waals surface area contributed by atoms with Gasteiger partial charge in [0.2, 0.25) is 5.82 Å². The Bertz CT molecular complexity index is 1250. The lowest BCUT2D eigenvalue weighted by Crippen LogP contribution is -2.18. The summed E-state index contributed by atoms with van der Waals surface area (Å²) in [5.74, 6) is -1.41. The molecule has 0 saturated carbocycles. The predicted octanol–water partition coefficient (Wildman–Crippen LogP) is 5.62. The number of benzene rings is 2. The third-order valence-corrected chi connectivity index (χ3v) is 5.96. The standard InChI is InChI=1S/C24H23ClF3N3O4/c1-4-14-15(7-6-8-18(14)33-3)21-16-11-13(25)9-10-17(16)31-22(29-30-23(31)24(26,27)28)19(35-21)12-20(32)34-5-2/h6-11,19,21H,4-5,12H2,1-3H3/t19-,21-/m1/s1. The predicted molar refractivity (Wildman–Crippen MR) is 121 cm³/mol. The summed E-state index contributed by atoms with van der Waals surface area (Å²) >= 11 is 6.29. The van der Waals surface area contributed by atoms with Gasteiger partial charge in [0.05, 0.1) is 25.8 Å². The molecule has 0 N–H and O–H groups in total. The summed E-state index contributed by atoms with van der Waals surface area (Å²) < 4.78 is 59.7. The van der Waals surface area contributed by atoms with Gasteiger partial charge in [-0.2, -0.15) is 13.2 Å². The second kappa shape index (κ2) is 9.87. The van der Waals surface area contributed by atoms with E-state index in [1.54, 1.807) is 25.1 Å². The zero-order valence-electron chi connectivity index (χ0n) is 19.2. The summed E-state index contributed by atoms with van der Waals surface area (Å²) in [6.07, 6.45) is -6.65. The van der Waals surface area contributed by atoms with Crippen molar-refractivity contribution in [1.82, 2.24) is 14.8 Å². The number of carbonyl (C=O) groups excluding carboxylic acids is 1. The largest absolute Gasteiger partial charge is 0.496 e. The van der Waals surface area contributed by atoms with Gasteiger partial charge in [-0.3, -0.25) is 9.36 Å². The molecule has 7 nitrogen and oxygen atoms in total. The second-order valence-electron chi connectivity index (χ2n) is 7.81. The zero-order valence-corrected chi connectivity index (χ0v) is 20.0. The summed E-state index contributed by atoms with van der Waals surface area (Å²) in [5.41, 5.74) is 2.02. The molecule has 0 amide bonds. The number of halogens is 4. The fourth-order valence-corrected chi connectivity index (χ4v) is 4.49. The Morgan fingerprint density at radius 2 is 1.94 bits per heavy atom. The summed E-state index contributed by atoms with van der Waals surface area (Å²) in [5, 5.41) is 7.51. The highest BCUT2D eigenvalue weighted by Gasteiger charge is 2.43. The van der Waals surface area contributed by atoms with Crippen LogP contribution in [0.15, 0.2) is 36.4 Å². The van der Waals surface area contributed by atoms with Crippen molar-refractivity contribution in [3.63, 3.8) is 0 Å². The Labute approximate surface area is 204 Å². The SMILES string of the molecule is CCOC(=O)C[C@H]1O[C@H](c2cccc(OC)c2CC)c2cc(Cl)ccc2-n2c1nnc2C(F)(F)F. The fourth-order valence-electron chi connectivity index (χ4n) is 4.31. The minimum absolute atomic E-state index is 0.112. The molecule has 0 radical (unpaired) electrons. The van der Waals surface area contributed by atoms with E-state index in [-0.39, 0.29) is 24.5 Å². The van der Waals surface area contributed by atoms with Crippen molar-refractivity contribution in [2.75, 3.05) is 13.7 Å². The highest BCUT2D eigenvalue weighted by atomic mass is 35.5. The van der Waals surface area contributed by atoms with E-state index in [2.05, 4.69) is 10.2 Å². The molecule has 0 bridgehead atoms. The molecule has 11 heteroatoms. The lowest BCUT2D eigenvalue weighted by Gasteiger charge is -2.25. The number of aromatic nitrogens is 3. The molecule has 1 aliphatic rings. The molecule has 4 rings (SSSR count). The van der Waals surface area contributed by atoms with Crippen LogP contribution in [0.2, 0.25) is 5.02 Å². The van der Waals surface area contributed by atoms with Gasteiger partial charge in [-0.1, -0.05) is 30.7 Å². The van der Waals surface area contributed by atoms with Crippen molar-refractivity contribution in [3.8, 4) is 11.4 Å². The van der Waals surface area contributed by atoms with E-state index in [1.807, 2.05) is 13.0 Å². The van der Waals surface area contributed by atoms with Gasteiger partial charge >= 0.3 is 12.1 Å². The molecule has 1 aliphatic heterocycles. The zero-order chi connectivity index (χ0) is 25.3. The molecule has 186 valence electrons. The van der Waals surface area contributed by atoms with E-state index in [9.17, 15) is 18.0 Å². The van der Waals surface area contributed by atoms with Crippen molar-refractivity contribution in [3.05, 3.63) is 69.8 Å². The minimum atomic E-state index is -4.80. The molecule has 2 heterocycles. The van der Waals surface area contributed by atoms with Crippen LogP contribution in [0.5, 0.6) is 5.75 Å². The van der Waals surface area contributed by atoms with Crippen LogP contribution in [0.25, 0.3) is 5.69 Å². The maximum atomic E-state index is 14.0. The number of rotatable bonds is 6. The molecule has 0 fully saturated rings. The van der Waals surface area contributed by atoms with Gasteiger partial charge in [-0.05, 0) is 48.7 Å². The van der Waals surface area contributed by atoms with Gasteiger partial charge < -0.3 is 14.2 Å². The Kier molecular flexibility index (Phi) is 7.05. The second-order valence-corrected chi connectivity index (χ2v) is 8.25. The van der Waals surface area contributed by atoms with Crippen molar-refractivity contribution in [2.24, 2.45) is 0 Å². The van der Waals surface area contributed by atoms with Crippen molar-refractivity contribution in [1.29, 1.82) is 0 Å². The first kappa shape index (κ1) is 25.0. The van der Waals surface area contributed by atoms with Gasteiger partial charge in [0, 0.05) is 10.6 Å². The van der Waals surface area contributed by atoms with Crippen molar-refractivity contribution >= 4 is 17.6 Å². The van der Waals surface area contributed by atoms with Gasteiger partial charge in [0.25, 0.3) is 0 Å². The Balaban J connectivity index is 2.00. The van der Waals surface area contributed by atoms with Crippen LogP contribution in [0, 0.1) is 0 Å². The Morgan fingerprint density at radius 1 is 1.17 bits per heavy atom. The fraction of sp³-hybridized carbons (Fsp3) is 0.375. The summed E-state index contributed by atoms with van der Waals surface area (Å²) in [4.78, 5) is 12.4. The van der Waals surface area contributed by atoms with Crippen LogP contribution in [0.4, 0.5) is 13.2 Å². The smallest absolute Gasteiger partial charge is 0.452 e. The van der Waals surface area contributed by atoms with Crippen molar-refractivity contribution in [2.45, 2.75) is 45.1 Å². The average Bonchev–Trinajstić information content (AvgIpc) is 3.22. The summed E-state index contributed by atoms with van der Waals surface area (Å²) in [6.45, 7) is 3.69. The summed E-state index contributed by atoms with van der Waals surface area (Å²) in [6, 6.07) is 9.89. The van der Waals surface area contributed by atoms with Gasteiger partial charge in [-0.25, -0.2) is 0 Å². The molecular formula is C24H23ClF3N3O4. The van der Waals surface area contributed by atoms with E-state index in [0.29, 0.717) is 28.3 Å². The molecule has 0 spiro atoms. The molecule has 3 aromatic rings. The third kappa shape index (κ3) is 4.72. The number of hydrogen-bond donors (Lipinski definition) is 0. The molecule has 35 heavy (non-hydrogen) atoms. The van der Waals surface area contributed by atoms with Crippen molar-refractivity contribution < 1.29 is 32.2 Å². The first-order chi connectivity index (χ1) is 16.7. The summed E-state index contributed by atoms with van der Waals surface area (Å²) in [7, 11) is 1.54. The number of fused-ring (bicyclic) bond motifs is 3. The van der Waals surface area contributed by atoms with Crippen LogP contribution in [0.1, 0.15) is 60.8 Å². The van der Waals surface area contributed by atoms with Gasteiger partial charge in [0.15, 0.2) is 5.82 Å². The number of esters is 1. The Hall–Kier alpha value is -3.11. The molecule has 1 aromatic heterocycles. The number of ether oxygens (including phenoxy) is 3. The van der Waals surface area contributed by atoms with Gasteiger partial charge in [0.1, 0.15) is 18.0 Å². The topological polar surface area (TPSA) is 75.5 Å². The maximum absolute atomic E-state index is 14.0. The maximum Gasteiger partial charge on any atom is 0.452 e. The van der Waals surface area contributed by atoms with E-state index in [0.717, 1.165) is 10.1 Å². The minimum Gasteiger partial charge on any atom is -0.496 e. The van der Waals surface area contributed by atoms with Crippen LogP contribution in [-0.2, 0) is 26.9 Å². The number of nitrogens with zero attached hydrogens (tertiary/aromatic N) is 3. The lowest BCUT2D eigenvalue weighted by atomic mass is 9.93. The molecule has 2 aromatic carbocycles.